The van der Waals surface area contributed by atoms with Crippen molar-refractivity contribution in [2.45, 2.75) is 0 Å². The molecule has 0 heterocycles. The minimum Gasteiger partial charge on any atom is -0.309 e. The van der Waals surface area contributed by atoms with E-state index in [2.05, 4.69) is 0 Å². The maximum atomic E-state index is 14.3. The monoisotopic (exact) mass is 413 g/mol. The first-order valence-electron chi connectivity index (χ1n) is 8.08. The molecule has 0 aliphatic carbocycles. The van der Waals surface area contributed by atoms with Crippen LogP contribution in [0.15, 0.2) is 72.8 Å². The summed E-state index contributed by atoms with van der Waals surface area (Å²) in [5, 5.41) is 33.6. The summed E-state index contributed by atoms with van der Waals surface area (Å²) in [6.45, 7) is 0. The summed E-state index contributed by atoms with van der Waals surface area (Å²) in [4.78, 5) is 31.6. The predicted molar refractivity (Wildman–Crippen MR) is 106 cm³/mol. The van der Waals surface area contributed by atoms with E-state index in [0.29, 0.717) is 0 Å². The third-order valence-electron chi connectivity index (χ3n) is 4.21. The van der Waals surface area contributed by atoms with E-state index >= 15 is 0 Å². The number of benzene rings is 3. The molecule has 0 aliphatic heterocycles. The molecule has 0 N–H and O–H groups in total. The zero-order valence-corrected chi connectivity index (χ0v) is 15.5. The molecule has 0 aliphatic rings. The fourth-order valence-corrected chi connectivity index (χ4v) is 5.58. The Hall–Kier alpha value is -3.91. The molecule has 0 spiro atoms. The van der Waals surface area contributed by atoms with E-state index in [-0.39, 0.29) is 33.0 Å². The third kappa shape index (κ3) is 3.74. The Morgan fingerprint density at radius 1 is 0.552 bits per heavy atom. The van der Waals surface area contributed by atoms with Crippen LogP contribution in [0.3, 0.4) is 0 Å². The lowest BCUT2D eigenvalue weighted by Gasteiger charge is -2.19. The molecular weight excluding hydrogens is 401 g/mol. The largest absolute Gasteiger partial charge is 0.309 e. The van der Waals surface area contributed by atoms with Gasteiger partial charge in [-0.05, 0) is 0 Å². The molecule has 3 aromatic rings. The number of hydrogen-bond acceptors (Lipinski definition) is 7. The molecule has 3 rings (SSSR count). The minimum atomic E-state index is -3.89. The van der Waals surface area contributed by atoms with E-state index in [1.54, 1.807) is 0 Å². The Bertz CT molecular complexity index is 1050. The molecule has 3 aromatic carbocycles. The molecule has 0 aromatic heterocycles. The number of rotatable bonds is 6. The van der Waals surface area contributed by atoms with Crippen LogP contribution in [0.2, 0.25) is 0 Å². The molecular formula is C18H12N3O7P. The number of nitrogens with zero attached hydrogens (tertiary/aromatic N) is 3. The van der Waals surface area contributed by atoms with Gasteiger partial charge in [0.15, 0.2) is 7.14 Å². The maximum Gasteiger partial charge on any atom is 0.270 e. The van der Waals surface area contributed by atoms with Gasteiger partial charge in [-0.25, -0.2) is 0 Å². The van der Waals surface area contributed by atoms with Crippen LogP contribution in [0.5, 0.6) is 0 Å². The first-order valence-corrected chi connectivity index (χ1v) is 9.79. The van der Waals surface area contributed by atoms with Crippen LogP contribution in [0.4, 0.5) is 17.1 Å². The number of non-ortho nitro benzene ring substituents is 3. The Balaban J connectivity index is 2.34. The summed E-state index contributed by atoms with van der Waals surface area (Å²) in [5.41, 5.74) is -0.962. The summed E-state index contributed by atoms with van der Waals surface area (Å²) < 4.78 is 14.3. The normalized spacial score (nSPS) is 11.0. The van der Waals surface area contributed by atoms with Crippen LogP contribution < -0.4 is 15.9 Å². The van der Waals surface area contributed by atoms with Crippen LogP contribution in [-0.2, 0) is 4.57 Å². The summed E-state index contributed by atoms with van der Waals surface area (Å²) in [5.74, 6) is 0. The van der Waals surface area contributed by atoms with Gasteiger partial charge in [-0.1, -0.05) is 36.4 Å². The van der Waals surface area contributed by atoms with Crippen molar-refractivity contribution in [1.29, 1.82) is 0 Å². The van der Waals surface area contributed by atoms with Crippen molar-refractivity contribution < 1.29 is 19.3 Å². The van der Waals surface area contributed by atoms with Crippen molar-refractivity contribution in [3.8, 4) is 0 Å². The highest BCUT2D eigenvalue weighted by atomic mass is 31.2. The van der Waals surface area contributed by atoms with Crippen molar-refractivity contribution in [2.75, 3.05) is 0 Å². The van der Waals surface area contributed by atoms with Gasteiger partial charge in [0.2, 0.25) is 0 Å². The number of nitro groups is 3. The van der Waals surface area contributed by atoms with E-state index in [4.69, 9.17) is 0 Å². The van der Waals surface area contributed by atoms with Crippen molar-refractivity contribution >= 4 is 40.1 Å². The summed E-state index contributed by atoms with van der Waals surface area (Å²) in [6.07, 6.45) is 0. The second-order valence-electron chi connectivity index (χ2n) is 5.94. The van der Waals surface area contributed by atoms with E-state index in [9.17, 15) is 34.9 Å². The van der Waals surface area contributed by atoms with Crippen molar-refractivity contribution in [3.05, 3.63) is 103 Å². The number of nitro benzene ring substituents is 3. The zero-order valence-electron chi connectivity index (χ0n) is 14.6. The lowest BCUT2D eigenvalue weighted by Crippen LogP contribution is -2.25. The Labute approximate surface area is 163 Å². The fourth-order valence-electron chi connectivity index (χ4n) is 2.85. The van der Waals surface area contributed by atoms with Gasteiger partial charge in [-0.15, -0.1) is 0 Å². The molecule has 11 heteroatoms. The van der Waals surface area contributed by atoms with Gasteiger partial charge in [0.25, 0.3) is 17.1 Å². The highest BCUT2D eigenvalue weighted by Gasteiger charge is 2.33. The second-order valence-corrected chi connectivity index (χ2v) is 8.71. The SMILES string of the molecule is O=[N+]([O-])c1cccc(P(=O)(c2cccc([N+](=O)[O-])c2)c2cccc([N+](=O)[O-])c2)c1. The molecule has 0 unspecified atom stereocenters. The van der Waals surface area contributed by atoms with Crippen LogP contribution in [0, 0.1) is 30.3 Å². The van der Waals surface area contributed by atoms with Crippen LogP contribution >= 0.6 is 7.14 Å². The summed E-state index contributed by atoms with van der Waals surface area (Å²) in [6, 6.07) is 15.2. The van der Waals surface area contributed by atoms with Gasteiger partial charge in [-0.2, -0.15) is 0 Å². The van der Waals surface area contributed by atoms with Gasteiger partial charge in [0.05, 0.1) is 14.8 Å². The zero-order chi connectivity index (χ0) is 21.2. The first kappa shape index (κ1) is 19.8. The standard InChI is InChI=1S/C18H12N3O7P/c22-19(23)13-4-1-7-16(10-13)29(28,17-8-2-5-14(11-17)20(24)25)18-9-3-6-15(12-18)21(26)27/h1-12H. The fraction of sp³-hybridized carbons (Fsp3) is 0. The third-order valence-corrected chi connectivity index (χ3v) is 7.23. The Kier molecular flexibility index (Phi) is 5.20. The van der Waals surface area contributed by atoms with Gasteiger partial charge in [0.1, 0.15) is 0 Å². The van der Waals surface area contributed by atoms with Crippen LogP contribution in [0.25, 0.3) is 0 Å². The smallest absolute Gasteiger partial charge is 0.270 e. The van der Waals surface area contributed by atoms with Crippen molar-refractivity contribution in [3.63, 3.8) is 0 Å². The van der Waals surface area contributed by atoms with E-state index < -0.39 is 21.9 Å². The van der Waals surface area contributed by atoms with E-state index in [1.165, 1.54) is 54.6 Å². The Morgan fingerprint density at radius 3 is 1.07 bits per heavy atom. The summed E-state index contributed by atoms with van der Waals surface area (Å²) >= 11 is 0. The van der Waals surface area contributed by atoms with Crippen molar-refractivity contribution in [2.24, 2.45) is 0 Å². The summed E-state index contributed by atoms with van der Waals surface area (Å²) in [7, 11) is -3.89. The van der Waals surface area contributed by atoms with Crippen LogP contribution in [0.1, 0.15) is 0 Å². The Morgan fingerprint density at radius 2 is 0.828 bits per heavy atom. The molecule has 0 radical (unpaired) electrons. The average Bonchev–Trinajstić information content (AvgIpc) is 2.73. The van der Waals surface area contributed by atoms with E-state index in [0.717, 1.165) is 18.2 Å². The molecule has 0 atom stereocenters. The van der Waals surface area contributed by atoms with Crippen molar-refractivity contribution in [1.82, 2.24) is 0 Å². The highest BCUT2D eigenvalue weighted by Crippen LogP contribution is 2.44. The van der Waals surface area contributed by atoms with Gasteiger partial charge >= 0.3 is 0 Å². The molecule has 0 saturated heterocycles. The maximum absolute atomic E-state index is 14.3. The quantitative estimate of drug-likeness (QED) is 0.343. The van der Waals surface area contributed by atoms with Gasteiger partial charge in [-0.3, -0.25) is 30.3 Å². The van der Waals surface area contributed by atoms with Gasteiger partial charge < -0.3 is 4.57 Å². The minimum absolute atomic E-state index is 0.0349. The molecule has 10 nitrogen and oxygen atoms in total. The first-order chi connectivity index (χ1) is 13.7. The molecule has 29 heavy (non-hydrogen) atoms. The van der Waals surface area contributed by atoms with Gasteiger partial charge in [0, 0.05) is 52.3 Å². The average molecular weight is 413 g/mol. The van der Waals surface area contributed by atoms with Crippen LogP contribution in [-0.4, -0.2) is 14.8 Å². The molecule has 146 valence electrons. The lowest BCUT2D eigenvalue weighted by molar-refractivity contribution is -0.384. The molecule has 0 saturated carbocycles. The molecule has 0 bridgehead atoms. The highest BCUT2D eigenvalue weighted by molar-refractivity contribution is 7.85. The predicted octanol–water partition coefficient (Wildman–Crippen LogP) is 3.05. The molecule has 0 amide bonds. The lowest BCUT2D eigenvalue weighted by atomic mass is 10.3. The molecule has 0 fully saturated rings. The number of hydrogen-bond donors (Lipinski definition) is 0. The topological polar surface area (TPSA) is 146 Å². The second kappa shape index (κ2) is 7.61. The van der Waals surface area contributed by atoms with E-state index in [1.807, 2.05) is 0 Å².